The van der Waals surface area contributed by atoms with Gasteiger partial charge in [-0.3, -0.25) is 4.79 Å². The quantitative estimate of drug-likeness (QED) is 0.460. The number of rotatable bonds is 4. The van der Waals surface area contributed by atoms with Crippen molar-refractivity contribution in [3.05, 3.63) is 70.4 Å². The normalized spacial score (nSPS) is 29.2. The first-order valence-corrected chi connectivity index (χ1v) is 13.6. The average Bonchev–Trinajstić information content (AvgIpc) is 3.45. The molecule has 0 unspecified atom stereocenters. The number of carbonyl (C=O) groups excluding carboxylic acids is 1. The number of amides is 1. The third kappa shape index (κ3) is 2.97. The molecule has 8 rings (SSSR count). The zero-order valence-electron chi connectivity index (χ0n) is 21.6. The number of aromatic nitrogens is 1. The molecule has 0 saturated carbocycles. The Morgan fingerprint density at radius 1 is 1.16 bits per heavy atom. The van der Waals surface area contributed by atoms with E-state index in [1.807, 2.05) is 30.3 Å². The summed E-state index contributed by atoms with van der Waals surface area (Å²) in [5, 5.41) is 1.81. The second kappa shape index (κ2) is 7.84. The Labute approximate surface area is 222 Å². The fourth-order valence-corrected chi connectivity index (χ4v) is 8.20. The van der Waals surface area contributed by atoms with Crippen molar-refractivity contribution in [3.8, 4) is 0 Å². The third-order valence-corrected chi connectivity index (χ3v) is 9.74. The Kier molecular flexibility index (Phi) is 4.94. The Morgan fingerprint density at radius 2 is 1.97 bits per heavy atom. The molecule has 1 aliphatic carbocycles. The highest BCUT2D eigenvalue weighted by Crippen LogP contribution is 2.61. The van der Waals surface area contributed by atoms with Gasteiger partial charge in [-0.15, -0.1) is 0 Å². The molecule has 5 heterocycles. The van der Waals surface area contributed by atoms with Gasteiger partial charge in [0.1, 0.15) is 12.3 Å². The van der Waals surface area contributed by atoms with Crippen LogP contribution >= 0.6 is 11.6 Å². The molecule has 2 saturated heterocycles. The van der Waals surface area contributed by atoms with E-state index in [0.717, 1.165) is 48.2 Å². The van der Waals surface area contributed by atoms with Gasteiger partial charge in [-0.2, -0.15) is 0 Å². The number of carbonyl (C=O) groups is 1. The highest BCUT2D eigenvalue weighted by molar-refractivity contribution is 6.31. The standard InChI is InChI=1S/C30H32ClN3O3/c1-28(2)24-16-29-12-7-13-34(29)27(35)30(24,32-26(29)36-3)15-22-21-11-10-20(31)14-23(21)33(25(22)28)18-37-17-19-8-5-4-6-9-19/h4-6,8-11,14,24H,7,12-13,15-18H2,1-3H3/t24-,29-,30-/m0/s1. The first-order chi connectivity index (χ1) is 17.8. The first-order valence-electron chi connectivity index (χ1n) is 13.2. The summed E-state index contributed by atoms with van der Waals surface area (Å²) < 4.78 is 14.5. The largest absolute Gasteiger partial charge is 0.483 e. The van der Waals surface area contributed by atoms with Crippen LogP contribution in [0.4, 0.5) is 0 Å². The maximum atomic E-state index is 14.2. The molecular formula is C30H32ClN3O3. The lowest BCUT2D eigenvalue weighted by molar-refractivity contribution is -0.155. The van der Waals surface area contributed by atoms with Gasteiger partial charge in [-0.1, -0.05) is 61.8 Å². The first kappa shape index (κ1) is 23.3. The van der Waals surface area contributed by atoms with Gasteiger partial charge in [-0.05, 0) is 42.5 Å². The van der Waals surface area contributed by atoms with Crippen LogP contribution in [0, 0.1) is 5.92 Å². The summed E-state index contributed by atoms with van der Waals surface area (Å²) in [5.74, 6) is 0.995. The highest BCUT2D eigenvalue weighted by Gasteiger charge is 2.71. The van der Waals surface area contributed by atoms with Gasteiger partial charge in [0.2, 0.25) is 5.90 Å². The zero-order valence-corrected chi connectivity index (χ0v) is 22.3. The number of fused-ring (bicyclic) bond motifs is 3. The van der Waals surface area contributed by atoms with Crippen molar-refractivity contribution in [2.24, 2.45) is 10.9 Å². The summed E-state index contributed by atoms with van der Waals surface area (Å²) in [4.78, 5) is 21.5. The molecule has 2 spiro atoms. The minimum absolute atomic E-state index is 0.0703. The molecule has 2 aromatic carbocycles. The molecule has 0 N–H and O–H groups in total. The van der Waals surface area contributed by atoms with Crippen LogP contribution in [0.25, 0.3) is 10.9 Å². The minimum atomic E-state index is -0.836. The number of aliphatic imine (C=N–C) groups is 1. The molecule has 2 bridgehead atoms. The van der Waals surface area contributed by atoms with Crippen LogP contribution in [0.3, 0.4) is 0 Å². The maximum Gasteiger partial charge on any atom is 0.252 e. The van der Waals surface area contributed by atoms with Crippen molar-refractivity contribution in [2.75, 3.05) is 13.7 Å². The van der Waals surface area contributed by atoms with Crippen molar-refractivity contribution in [1.82, 2.24) is 9.47 Å². The van der Waals surface area contributed by atoms with E-state index in [4.69, 9.17) is 26.1 Å². The van der Waals surface area contributed by atoms with E-state index in [-0.39, 0.29) is 17.2 Å². The molecule has 37 heavy (non-hydrogen) atoms. The number of piperidine rings is 1. The molecule has 0 radical (unpaired) electrons. The number of methoxy groups -OCH3 is 1. The van der Waals surface area contributed by atoms with Crippen LogP contribution in [0.2, 0.25) is 5.02 Å². The SMILES string of the molecule is COC1=N[C@@]23Cc4c(n(COCc5ccccc5)c5cc(Cl)ccc45)C(C)(C)[C@@H]2C[C@@]12CCCN2C3=O. The molecule has 1 aromatic heterocycles. The van der Waals surface area contributed by atoms with Gasteiger partial charge in [0.05, 0.1) is 19.2 Å². The number of hydrogen-bond donors (Lipinski definition) is 0. The lowest BCUT2D eigenvalue weighted by Crippen LogP contribution is -2.75. The summed E-state index contributed by atoms with van der Waals surface area (Å²) in [7, 11) is 1.71. The molecule has 3 atom stereocenters. The van der Waals surface area contributed by atoms with E-state index in [2.05, 4.69) is 41.5 Å². The zero-order chi connectivity index (χ0) is 25.6. The Morgan fingerprint density at radius 3 is 2.76 bits per heavy atom. The van der Waals surface area contributed by atoms with E-state index in [9.17, 15) is 4.79 Å². The minimum Gasteiger partial charge on any atom is -0.483 e. The smallest absolute Gasteiger partial charge is 0.252 e. The van der Waals surface area contributed by atoms with Crippen molar-refractivity contribution in [2.45, 2.75) is 69.4 Å². The van der Waals surface area contributed by atoms with E-state index in [1.54, 1.807) is 7.11 Å². The number of nitrogens with zero attached hydrogens (tertiary/aromatic N) is 3. The van der Waals surface area contributed by atoms with Crippen LogP contribution in [0.1, 0.15) is 49.9 Å². The monoisotopic (exact) mass is 517 g/mol. The van der Waals surface area contributed by atoms with Crippen LogP contribution in [0.15, 0.2) is 53.5 Å². The lowest BCUT2D eigenvalue weighted by Gasteiger charge is -2.62. The second-order valence-corrected chi connectivity index (χ2v) is 12.1. The van der Waals surface area contributed by atoms with Crippen molar-refractivity contribution in [3.63, 3.8) is 0 Å². The maximum absolute atomic E-state index is 14.2. The summed E-state index contributed by atoms with van der Waals surface area (Å²) in [6.07, 6.45) is 3.36. The summed E-state index contributed by atoms with van der Waals surface area (Å²) >= 11 is 6.51. The predicted octanol–water partition coefficient (Wildman–Crippen LogP) is 5.48. The molecule has 7 heteroatoms. The molecule has 4 aliphatic heterocycles. The lowest BCUT2D eigenvalue weighted by atomic mass is 9.52. The van der Waals surface area contributed by atoms with Crippen LogP contribution in [-0.2, 0) is 39.4 Å². The summed E-state index contributed by atoms with van der Waals surface area (Å²) in [5.41, 5.74) is 3.05. The molecular weight excluding hydrogens is 486 g/mol. The van der Waals surface area contributed by atoms with E-state index in [0.29, 0.717) is 24.8 Å². The van der Waals surface area contributed by atoms with Crippen LogP contribution in [0.5, 0.6) is 0 Å². The van der Waals surface area contributed by atoms with Crippen molar-refractivity contribution < 1.29 is 14.3 Å². The van der Waals surface area contributed by atoms with Crippen molar-refractivity contribution >= 4 is 34.3 Å². The average molecular weight is 518 g/mol. The highest BCUT2D eigenvalue weighted by atomic mass is 35.5. The number of halogens is 1. The van der Waals surface area contributed by atoms with E-state index < -0.39 is 11.1 Å². The van der Waals surface area contributed by atoms with Gasteiger partial charge >= 0.3 is 0 Å². The Balaban J connectivity index is 1.39. The van der Waals surface area contributed by atoms with Gasteiger partial charge in [0, 0.05) is 40.4 Å². The molecule has 192 valence electrons. The Hall–Kier alpha value is -2.83. The van der Waals surface area contributed by atoms with Crippen LogP contribution in [-0.4, -0.2) is 46.0 Å². The molecule has 2 fully saturated rings. The fourth-order valence-electron chi connectivity index (χ4n) is 8.03. The fraction of sp³-hybridized carbons (Fsp3) is 0.467. The van der Waals surface area contributed by atoms with Gasteiger partial charge in [0.15, 0.2) is 5.54 Å². The Bertz CT molecular complexity index is 1460. The molecule has 3 aromatic rings. The number of hydrogen-bond acceptors (Lipinski definition) is 4. The predicted molar refractivity (Wildman–Crippen MR) is 144 cm³/mol. The van der Waals surface area contributed by atoms with Crippen LogP contribution < -0.4 is 0 Å². The van der Waals surface area contributed by atoms with Crippen molar-refractivity contribution in [1.29, 1.82) is 0 Å². The van der Waals surface area contributed by atoms with Gasteiger partial charge in [0.25, 0.3) is 5.91 Å². The molecule has 5 aliphatic rings. The third-order valence-electron chi connectivity index (χ3n) is 9.51. The summed E-state index contributed by atoms with van der Waals surface area (Å²) in [6.45, 7) is 6.31. The topological polar surface area (TPSA) is 56.1 Å². The van der Waals surface area contributed by atoms with E-state index in [1.165, 1.54) is 11.3 Å². The van der Waals surface area contributed by atoms with E-state index >= 15 is 0 Å². The molecule has 1 amide bonds. The molecule has 6 nitrogen and oxygen atoms in total. The van der Waals surface area contributed by atoms with Gasteiger partial charge < -0.3 is 18.9 Å². The summed E-state index contributed by atoms with van der Waals surface area (Å²) in [6, 6.07) is 16.3. The number of ether oxygens (including phenoxy) is 2. The number of benzene rings is 2. The van der Waals surface area contributed by atoms with Gasteiger partial charge in [-0.25, -0.2) is 4.99 Å². The second-order valence-electron chi connectivity index (χ2n) is 11.7.